The van der Waals surface area contributed by atoms with Crippen LogP contribution in [0.3, 0.4) is 0 Å². The number of alkyl halides is 2. The van der Waals surface area contributed by atoms with Crippen molar-refractivity contribution >= 4 is 40.4 Å². The minimum Gasteiger partial charge on any atom is -0.389 e. The Morgan fingerprint density at radius 1 is 1.24 bits per heavy atom. The van der Waals surface area contributed by atoms with Gasteiger partial charge >= 0.3 is 0 Å². The summed E-state index contributed by atoms with van der Waals surface area (Å²) in [5.74, 6) is 0.724. The van der Waals surface area contributed by atoms with Gasteiger partial charge in [0, 0.05) is 58.0 Å². The number of hydrogen-bond donors (Lipinski definition) is 4. The number of aliphatic hydroxyl groups excluding tert-OH is 1. The van der Waals surface area contributed by atoms with Crippen LogP contribution in [0.25, 0.3) is 5.65 Å². The molecule has 0 radical (unpaired) electrons. The Morgan fingerprint density at radius 2 is 2.00 bits per heavy atom. The van der Waals surface area contributed by atoms with E-state index in [4.69, 9.17) is 22.1 Å². The molecule has 0 bridgehead atoms. The van der Waals surface area contributed by atoms with Crippen molar-refractivity contribution in [2.24, 2.45) is 5.73 Å². The Morgan fingerprint density at radius 3 is 2.66 bits per heavy atom. The normalized spacial score (nSPS) is 17.4. The monoisotopic (exact) mass is 551 g/mol. The maximum absolute atomic E-state index is 13.9. The van der Waals surface area contributed by atoms with Crippen LogP contribution >= 0.6 is 11.6 Å². The molecule has 11 nitrogen and oxygen atoms in total. The number of nitrogens with one attached hydrogen (secondary N) is 2. The minimum atomic E-state index is -2.69. The molecule has 2 aromatic heterocycles. The maximum atomic E-state index is 13.9. The van der Waals surface area contributed by atoms with Gasteiger partial charge in [0.25, 0.3) is 6.43 Å². The first kappa shape index (κ1) is 26.8. The topological polar surface area (TPSA) is 129 Å². The van der Waals surface area contributed by atoms with Crippen molar-refractivity contribution in [2.75, 3.05) is 62.0 Å². The number of methoxy groups -OCH3 is 1. The lowest BCUT2D eigenvalue weighted by Crippen LogP contribution is -2.49. The molecule has 0 spiro atoms. The zero-order chi connectivity index (χ0) is 26.8. The Hall–Kier alpha value is -2.84. The van der Waals surface area contributed by atoms with Crippen LogP contribution < -0.4 is 21.3 Å². The van der Waals surface area contributed by atoms with Gasteiger partial charge < -0.3 is 31.1 Å². The number of halogens is 3. The molecule has 5 rings (SSSR count). The highest BCUT2D eigenvalue weighted by Crippen LogP contribution is 2.39. The highest BCUT2D eigenvalue weighted by atomic mass is 35.5. The SMILES string of the molecule is COCC(O)CN1CCN(c2cc(C(F)F)cc(Nc3nc(NC4CC4)c4ncc(CN)n4n3)c2Cl)CC1. The molecule has 3 heterocycles. The summed E-state index contributed by atoms with van der Waals surface area (Å²) in [7, 11) is 1.55. The third kappa shape index (κ3) is 5.91. The van der Waals surface area contributed by atoms with E-state index in [1.54, 1.807) is 17.8 Å². The predicted molar refractivity (Wildman–Crippen MR) is 142 cm³/mol. The van der Waals surface area contributed by atoms with Crippen molar-refractivity contribution in [1.82, 2.24) is 24.5 Å². The molecule has 2 fully saturated rings. The quantitative estimate of drug-likeness (QED) is 0.282. The third-order valence-electron chi connectivity index (χ3n) is 6.68. The highest BCUT2D eigenvalue weighted by Gasteiger charge is 2.26. The predicted octanol–water partition coefficient (Wildman–Crippen LogP) is 2.62. The number of aromatic nitrogens is 4. The first-order valence-corrected chi connectivity index (χ1v) is 13.0. The van der Waals surface area contributed by atoms with Gasteiger partial charge in [-0.25, -0.2) is 18.3 Å². The molecule has 1 saturated carbocycles. The van der Waals surface area contributed by atoms with E-state index in [0.717, 1.165) is 12.8 Å². The molecule has 38 heavy (non-hydrogen) atoms. The fourth-order valence-corrected chi connectivity index (χ4v) is 4.83. The molecule has 5 N–H and O–H groups in total. The molecule has 1 aromatic carbocycles. The van der Waals surface area contributed by atoms with Gasteiger partial charge in [0.2, 0.25) is 5.95 Å². The first-order chi connectivity index (χ1) is 18.4. The summed E-state index contributed by atoms with van der Waals surface area (Å²) < 4.78 is 34.4. The zero-order valence-corrected chi connectivity index (χ0v) is 21.8. The summed E-state index contributed by atoms with van der Waals surface area (Å²) in [5, 5.41) is 21.3. The number of rotatable bonds is 11. The molecule has 1 atom stereocenters. The Kier molecular flexibility index (Phi) is 8.09. The average molecular weight is 552 g/mol. The van der Waals surface area contributed by atoms with E-state index in [-0.39, 0.29) is 30.4 Å². The number of nitrogens with two attached hydrogens (primary N) is 1. The molecule has 0 amide bonds. The Balaban J connectivity index is 1.41. The van der Waals surface area contributed by atoms with Crippen molar-refractivity contribution < 1.29 is 18.6 Å². The molecule has 2 aliphatic rings. The number of anilines is 4. The standard InChI is InChI=1S/C24H32ClF2N9O2/c1-38-13-17(37)12-34-4-6-35(7-5-34)19-9-14(21(26)27)8-18(20(19)25)31-24-32-22(30-15-2-3-15)23-29-11-16(10-28)36(23)33-24/h8-9,11,15,17,21,37H,2-7,10,12-13,28H2,1H3,(H2,30,31,32,33). The lowest BCUT2D eigenvalue weighted by atomic mass is 10.1. The molecule has 14 heteroatoms. The van der Waals surface area contributed by atoms with Crippen LogP contribution in [0.4, 0.5) is 31.9 Å². The molecule has 206 valence electrons. The second-order valence-corrected chi connectivity index (χ2v) is 9.99. The summed E-state index contributed by atoms with van der Waals surface area (Å²) in [6.45, 7) is 3.40. The van der Waals surface area contributed by atoms with Gasteiger partial charge in [0.05, 0.1) is 41.0 Å². The van der Waals surface area contributed by atoms with Gasteiger partial charge in [-0.15, -0.1) is 5.10 Å². The largest absolute Gasteiger partial charge is 0.389 e. The van der Waals surface area contributed by atoms with Crippen molar-refractivity contribution in [3.8, 4) is 0 Å². The number of benzene rings is 1. The number of hydrogen-bond acceptors (Lipinski definition) is 10. The van der Waals surface area contributed by atoms with Crippen LogP contribution in [0.5, 0.6) is 0 Å². The summed E-state index contributed by atoms with van der Waals surface area (Å²) >= 11 is 6.79. The van der Waals surface area contributed by atoms with Crippen molar-refractivity contribution in [3.63, 3.8) is 0 Å². The van der Waals surface area contributed by atoms with E-state index >= 15 is 0 Å². The van der Waals surface area contributed by atoms with E-state index in [1.165, 1.54) is 12.1 Å². The molecule has 3 aromatic rings. The van der Waals surface area contributed by atoms with Crippen LogP contribution in [0, 0.1) is 0 Å². The number of piperazine rings is 1. The van der Waals surface area contributed by atoms with Crippen LogP contribution in [0.1, 0.15) is 30.5 Å². The zero-order valence-electron chi connectivity index (χ0n) is 21.1. The van der Waals surface area contributed by atoms with Crippen molar-refractivity contribution in [1.29, 1.82) is 0 Å². The fraction of sp³-hybridized carbons (Fsp3) is 0.542. The second-order valence-electron chi connectivity index (χ2n) is 9.62. The van der Waals surface area contributed by atoms with Crippen LogP contribution in [-0.2, 0) is 11.3 Å². The van der Waals surface area contributed by atoms with E-state index in [1.807, 2.05) is 4.90 Å². The summed E-state index contributed by atoms with van der Waals surface area (Å²) in [4.78, 5) is 13.1. The average Bonchev–Trinajstić information content (AvgIpc) is 3.61. The molecular formula is C24H32ClF2N9O2. The molecule has 1 aliphatic heterocycles. The van der Waals surface area contributed by atoms with E-state index in [0.29, 0.717) is 66.6 Å². The highest BCUT2D eigenvalue weighted by molar-refractivity contribution is 6.36. The number of nitrogens with zero attached hydrogens (tertiary/aromatic N) is 6. The fourth-order valence-electron chi connectivity index (χ4n) is 4.55. The molecule has 1 saturated heterocycles. The Labute approximate surface area is 223 Å². The first-order valence-electron chi connectivity index (χ1n) is 12.6. The Bertz CT molecular complexity index is 1270. The maximum Gasteiger partial charge on any atom is 0.264 e. The molecular weight excluding hydrogens is 520 g/mol. The van der Waals surface area contributed by atoms with Gasteiger partial charge in [-0.05, 0) is 25.0 Å². The van der Waals surface area contributed by atoms with Gasteiger partial charge in [0.1, 0.15) is 0 Å². The molecule has 1 aliphatic carbocycles. The van der Waals surface area contributed by atoms with Crippen molar-refractivity contribution in [2.45, 2.75) is 38.0 Å². The van der Waals surface area contributed by atoms with Gasteiger partial charge in [-0.2, -0.15) is 4.98 Å². The van der Waals surface area contributed by atoms with Crippen LogP contribution in [-0.4, -0.2) is 88.2 Å². The number of imidazole rings is 1. The summed E-state index contributed by atoms with van der Waals surface area (Å²) in [6, 6.07) is 3.07. The number of fused-ring (bicyclic) bond motifs is 1. The lowest BCUT2D eigenvalue weighted by molar-refractivity contribution is 0.0365. The number of ether oxygens (including phenoxy) is 1. The van der Waals surface area contributed by atoms with E-state index in [9.17, 15) is 13.9 Å². The van der Waals surface area contributed by atoms with Gasteiger partial charge in [-0.1, -0.05) is 11.6 Å². The number of β-amino-alcohol motifs (C(OH)–C–C–N with tert-alkyl or cyclic N) is 1. The van der Waals surface area contributed by atoms with Crippen molar-refractivity contribution in [3.05, 3.63) is 34.6 Å². The van der Waals surface area contributed by atoms with E-state index < -0.39 is 12.5 Å². The van der Waals surface area contributed by atoms with Crippen LogP contribution in [0.2, 0.25) is 5.02 Å². The smallest absolute Gasteiger partial charge is 0.264 e. The lowest BCUT2D eigenvalue weighted by Gasteiger charge is -2.37. The second kappa shape index (κ2) is 11.5. The summed E-state index contributed by atoms with van der Waals surface area (Å²) in [5.41, 5.74) is 7.72. The van der Waals surface area contributed by atoms with E-state index in [2.05, 4.69) is 30.6 Å². The molecule has 1 unspecified atom stereocenters. The van der Waals surface area contributed by atoms with Crippen LogP contribution in [0.15, 0.2) is 18.3 Å². The number of aliphatic hydroxyl groups is 1. The van der Waals surface area contributed by atoms with Gasteiger partial charge in [-0.3, -0.25) is 4.90 Å². The minimum absolute atomic E-state index is 0.160. The third-order valence-corrected chi connectivity index (χ3v) is 7.07. The van der Waals surface area contributed by atoms with Gasteiger partial charge in [0.15, 0.2) is 11.5 Å². The summed E-state index contributed by atoms with van der Waals surface area (Å²) in [6.07, 6.45) is 0.439.